The molecule has 0 N–H and O–H groups in total. The van der Waals surface area contributed by atoms with Gasteiger partial charge in [-0.2, -0.15) is 5.26 Å². The molecule has 0 fully saturated rings. The molecule has 0 radical (unpaired) electrons. The van der Waals surface area contributed by atoms with Gasteiger partial charge < -0.3 is 0 Å². The third kappa shape index (κ3) is 3.40. The fourth-order valence-corrected chi connectivity index (χ4v) is 6.69. The molecule has 7 heteroatoms. The molecule has 0 amide bonds. The van der Waals surface area contributed by atoms with E-state index in [1.54, 1.807) is 41.7 Å². The quantitative estimate of drug-likeness (QED) is 0.602. The number of hydrogen-bond acceptors (Lipinski definition) is 5. The Morgan fingerprint density at radius 1 is 1.23 bits per heavy atom. The lowest BCUT2D eigenvalue weighted by Gasteiger charge is -2.23. The van der Waals surface area contributed by atoms with Gasteiger partial charge in [-0.25, -0.2) is 8.42 Å². The second-order valence-electron chi connectivity index (χ2n) is 7.61. The van der Waals surface area contributed by atoms with E-state index in [1.165, 1.54) is 23.5 Å². The molecule has 1 unspecified atom stereocenters. The van der Waals surface area contributed by atoms with Crippen LogP contribution in [0.3, 0.4) is 0 Å². The van der Waals surface area contributed by atoms with Crippen molar-refractivity contribution in [2.24, 2.45) is 5.92 Å². The van der Waals surface area contributed by atoms with E-state index in [1.807, 2.05) is 6.07 Å². The van der Waals surface area contributed by atoms with Crippen LogP contribution in [0.5, 0.6) is 0 Å². The standard InChI is InChI=1S/C23H22N2O3S2/c1-3-15-8-10-18-20(12-15)29-21-13-17(9-11-19(21)23(18)26)25(2)30(27,28)22-7-5-4-6-16(22)14-24/h4-7,9,11,13,15H,3,8,10,12H2,1-2H3. The Bertz CT molecular complexity index is 1340. The highest BCUT2D eigenvalue weighted by atomic mass is 32.2. The van der Waals surface area contributed by atoms with E-state index < -0.39 is 10.0 Å². The third-order valence-corrected chi connectivity index (χ3v) is 8.98. The fraction of sp³-hybridized carbons (Fsp3) is 0.304. The van der Waals surface area contributed by atoms with Gasteiger partial charge in [0, 0.05) is 27.6 Å². The number of sulfonamides is 1. The van der Waals surface area contributed by atoms with E-state index in [9.17, 15) is 18.5 Å². The molecule has 0 bridgehead atoms. The molecule has 0 aliphatic heterocycles. The lowest BCUT2D eigenvalue weighted by Crippen LogP contribution is -2.27. The maximum absolute atomic E-state index is 13.1. The molecular formula is C23H22N2O3S2. The summed E-state index contributed by atoms with van der Waals surface area (Å²) in [5.74, 6) is 0.597. The number of benzene rings is 2. The molecule has 2 aromatic carbocycles. The largest absolute Gasteiger partial charge is 0.289 e. The van der Waals surface area contributed by atoms with E-state index in [-0.39, 0.29) is 15.9 Å². The normalized spacial score (nSPS) is 16.1. The molecule has 0 saturated carbocycles. The van der Waals surface area contributed by atoms with Crippen LogP contribution >= 0.6 is 11.3 Å². The summed E-state index contributed by atoms with van der Waals surface area (Å²) in [7, 11) is -2.44. The molecule has 3 aromatic rings. The molecule has 0 saturated heterocycles. The van der Waals surface area contributed by atoms with E-state index in [0.717, 1.165) is 40.8 Å². The average Bonchev–Trinajstić information content (AvgIpc) is 2.77. The molecule has 1 heterocycles. The van der Waals surface area contributed by atoms with Gasteiger partial charge in [0.05, 0.1) is 11.3 Å². The molecular weight excluding hydrogens is 416 g/mol. The second kappa shape index (κ2) is 7.86. The van der Waals surface area contributed by atoms with E-state index in [0.29, 0.717) is 17.0 Å². The average molecular weight is 439 g/mol. The highest BCUT2D eigenvalue weighted by Gasteiger charge is 2.26. The molecule has 1 aliphatic rings. The van der Waals surface area contributed by atoms with Gasteiger partial charge in [-0.15, -0.1) is 11.3 Å². The van der Waals surface area contributed by atoms with Gasteiger partial charge in [0.15, 0.2) is 5.43 Å². The number of hydrogen-bond donors (Lipinski definition) is 0. The topological polar surface area (TPSA) is 78.2 Å². The van der Waals surface area contributed by atoms with Crippen molar-refractivity contribution in [3.63, 3.8) is 0 Å². The Morgan fingerprint density at radius 3 is 2.73 bits per heavy atom. The van der Waals surface area contributed by atoms with Crippen molar-refractivity contribution in [2.75, 3.05) is 11.4 Å². The predicted octanol–water partition coefficient (Wildman–Crippen LogP) is 4.47. The molecule has 0 spiro atoms. The summed E-state index contributed by atoms with van der Waals surface area (Å²) in [5.41, 5.74) is 1.57. The second-order valence-corrected chi connectivity index (χ2v) is 10.7. The SMILES string of the molecule is CCC1CCc2c(sc3cc(N(C)S(=O)(=O)c4ccccc4C#N)ccc3c2=O)C1. The number of anilines is 1. The van der Waals surface area contributed by atoms with Crippen LogP contribution in [0.15, 0.2) is 52.2 Å². The van der Waals surface area contributed by atoms with E-state index >= 15 is 0 Å². The minimum atomic E-state index is -3.91. The van der Waals surface area contributed by atoms with Crippen molar-refractivity contribution < 1.29 is 8.42 Å². The van der Waals surface area contributed by atoms with Crippen molar-refractivity contribution in [2.45, 2.75) is 37.5 Å². The zero-order valence-corrected chi connectivity index (χ0v) is 18.5. The van der Waals surface area contributed by atoms with Crippen LogP contribution in [-0.4, -0.2) is 15.5 Å². The van der Waals surface area contributed by atoms with Crippen LogP contribution in [0.4, 0.5) is 5.69 Å². The third-order valence-electron chi connectivity index (χ3n) is 5.92. The van der Waals surface area contributed by atoms with Crippen molar-refractivity contribution in [1.82, 2.24) is 0 Å². The van der Waals surface area contributed by atoms with Crippen LogP contribution < -0.4 is 9.73 Å². The molecule has 1 aromatic heterocycles. The monoisotopic (exact) mass is 438 g/mol. The highest BCUT2D eigenvalue weighted by molar-refractivity contribution is 7.92. The summed E-state index contributed by atoms with van der Waals surface area (Å²) in [4.78, 5) is 14.1. The summed E-state index contributed by atoms with van der Waals surface area (Å²) in [6, 6.07) is 13.3. The maximum Gasteiger partial charge on any atom is 0.265 e. The summed E-state index contributed by atoms with van der Waals surface area (Å²) in [5, 5.41) is 9.93. The van der Waals surface area contributed by atoms with Gasteiger partial charge >= 0.3 is 0 Å². The smallest absolute Gasteiger partial charge is 0.265 e. The lowest BCUT2D eigenvalue weighted by atomic mass is 9.87. The number of fused-ring (bicyclic) bond motifs is 2. The maximum atomic E-state index is 13.1. The van der Waals surface area contributed by atoms with Gasteiger partial charge in [-0.3, -0.25) is 9.10 Å². The summed E-state index contributed by atoms with van der Waals surface area (Å²) in [6.07, 6.45) is 3.88. The van der Waals surface area contributed by atoms with Crippen molar-refractivity contribution in [1.29, 1.82) is 5.26 Å². The Hall–Kier alpha value is -2.69. The van der Waals surface area contributed by atoms with Gasteiger partial charge in [-0.05, 0) is 55.5 Å². The zero-order chi connectivity index (χ0) is 21.5. The van der Waals surface area contributed by atoms with E-state index in [4.69, 9.17) is 0 Å². The lowest BCUT2D eigenvalue weighted by molar-refractivity contribution is 0.448. The number of rotatable bonds is 4. The molecule has 1 atom stereocenters. The molecule has 4 rings (SSSR count). The van der Waals surface area contributed by atoms with Gasteiger partial charge in [0.2, 0.25) is 0 Å². The van der Waals surface area contributed by atoms with E-state index in [2.05, 4.69) is 6.92 Å². The van der Waals surface area contributed by atoms with Crippen molar-refractivity contribution >= 4 is 37.1 Å². The molecule has 154 valence electrons. The van der Waals surface area contributed by atoms with Crippen molar-refractivity contribution in [3.8, 4) is 6.07 Å². The number of nitriles is 1. The van der Waals surface area contributed by atoms with Crippen LogP contribution in [0.1, 0.15) is 35.8 Å². The van der Waals surface area contributed by atoms with Crippen LogP contribution in [0.25, 0.3) is 10.1 Å². The Kier molecular flexibility index (Phi) is 5.39. The Labute approximate surface area is 180 Å². The summed E-state index contributed by atoms with van der Waals surface area (Å²) < 4.78 is 28.3. The summed E-state index contributed by atoms with van der Waals surface area (Å²) >= 11 is 1.59. The zero-order valence-electron chi connectivity index (χ0n) is 16.9. The Morgan fingerprint density at radius 2 is 2.00 bits per heavy atom. The molecule has 30 heavy (non-hydrogen) atoms. The molecule has 1 aliphatic carbocycles. The molecule has 5 nitrogen and oxygen atoms in total. The first-order valence-electron chi connectivity index (χ1n) is 9.93. The van der Waals surface area contributed by atoms with Gasteiger partial charge in [-0.1, -0.05) is 25.5 Å². The first-order valence-corrected chi connectivity index (χ1v) is 12.2. The highest BCUT2D eigenvalue weighted by Crippen LogP contribution is 2.34. The van der Waals surface area contributed by atoms with Crippen molar-refractivity contribution in [3.05, 3.63) is 68.7 Å². The van der Waals surface area contributed by atoms with Gasteiger partial charge in [0.25, 0.3) is 10.0 Å². The van der Waals surface area contributed by atoms with Crippen LogP contribution in [0, 0.1) is 17.2 Å². The minimum Gasteiger partial charge on any atom is -0.289 e. The predicted molar refractivity (Wildman–Crippen MR) is 121 cm³/mol. The van der Waals surface area contributed by atoms with Gasteiger partial charge in [0.1, 0.15) is 11.0 Å². The first-order chi connectivity index (χ1) is 14.4. The van der Waals surface area contributed by atoms with Crippen LogP contribution in [0.2, 0.25) is 0 Å². The minimum absolute atomic E-state index is 0.0282. The Balaban J connectivity index is 1.80. The fourth-order valence-electron chi connectivity index (χ4n) is 4.01. The van der Waals surface area contributed by atoms with Crippen LogP contribution in [-0.2, 0) is 22.9 Å². The number of nitrogens with zero attached hydrogens (tertiary/aromatic N) is 2. The first kappa shape index (κ1) is 20.6. The summed E-state index contributed by atoms with van der Waals surface area (Å²) in [6.45, 7) is 2.18.